The molecule has 0 aliphatic carbocycles. The van der Waals surface area contributed by atoms with Crippen molar-refractivity contribution in [2.45, 2.75) is 12.6 Å². The maximum absolute atomic E-state index is 10.1. The predicted molar refractivity (Wildman–Crippen MR) is 28.7 cm³/mol. The highest BCUT2D eigenvalue weighted by Gasteiger charge is 2.22. The molecular weight excluding hydrogens is 112 g/mol. The topological polar surface area (TPSA) is 41.1 Å². The van der Waals surface area contributed by atoms with E-state index < -0.39 is 0 Å². The van der Waals surface area contributed by atoms with E-state index in [1.807, 2.05) is 0 Å². The number of hydrogen-bond donors (Lipinski definition) is 3. The van der Waals surface area contributed by atoms with Gasteiger partial charge in [-0.3, -0.25) is 4.79 Å². The summed E-state index contributed by atoms with van der Waals surface area (Å²) in [6.07, 6.45) is 0.666. The van der Waals surface area contributed by atoms with Crippen LogP contribution in [-0.2, 0) is 4.79 Å². The van der Waals surface area contributed by atoms with Crippen LogP contribution in [0.2, 0.25) is 0 Å². The largest absolute Gasteiger partial charge is 0.339 e. The van der Waals surface area contributed by atoms with Gasteiger partial charge in [-0.25, -0.2) is 4.72 Å². The van der Waals surface area contributed by atoms with Crippen LogP contribution in [0.4, 0.5) is 0 Å². The zero-order valence-corrected chi connectivity index (χ0v) is 4.53. The van der Waals surface area contributed by atoms with Gasteiger partial charge in [0.2, 0.25) is 5.91 Å². The Morgan fingerprint density at radius 3 is 2.71 bits per heavy atom. The lowest BCUT2D eigenvalue weighted by atomic mass is 10.2. The molecule has 1 rings (SSSR count). The molecule has 1 fully saturated rings. The van der Waals surface area contributed by atoms with Gasteiger partial charge < -0.3 is 5.32 Å². The Balaban J connectivity index is 2.17. The van der Waals surface area contributed by atoms with Crippen LogP contribution in [0.15, 0.2) is 0 Å². The maximum Gasteiger partial charge on any atom is 0.224 e. The number of amides is 1. The first-order valence-corrected chi connectivity index (χ1v) is 2.46. The molecule has 1 aliphatic heterocycles. The van der Waals surface area contributed by atoms with Gasteiger partial charge in [0.1, 0.15) is 0 Å². The zero-order valence-electron chi connectivity index (χ0n) is 3.64. The standard InChI is InChI=1S/C3H6N2OS/c6-3-1-2(4-3)5-7/h2,5,7H,1H2,(H,4,6). The lowest BCUT2D eigenvalue weighted by molar-refractivity contribution is -0.128. The van der Waals surface area contributed by atoms with Crippen molar-refractivity contribution in [1.82, 2.24) is 10.0 Å². The number of hydrogen-bond acceptors (Lipinski definition) is 3. The van der Waals surface area contributed by atoms with Crippen LogP contribution >= 0.6 is 12.8 Å². The van der Waals surface area contributed by atoms with Gasteiger partial charge in [0.05, 0.1) is 12.6 Å². The van der Waals surface area contributed by atoms with Crippen LogP contribution in [0.1, 0.15) is 6.42 Å². The van der Waals surface area contributed by atoms with Crippen LogP contribution in [0.25, 0.3) is 0 Å². The summed E-state index contributed by atoms with van der Waals surface area (Å²) in [6, 6.07) is 0. The molecular formula is C3H6N2OS. The molecule has 7 heavy (non-hydrogen) atoms. The molecule has 1 unspecified atom stereocenters. The van der Waals surface area contributed by atoms with Crippen molar-refractivity contribution >= 4 is 18.7 Å². The fraction of sp³-hybridized carbons (Fsp3) is 0.667. The zero-order chi connectivity index (χ0) is 5.28. The fourth-order valence-corrected chi connectivity index (χ4v) is 0.592. The van der Waals surface area contributed by atoms with Crippen molar-refractivity contribution in [3.8, 4) is 0 Å². The lowest BCUT2D eigenvalue weighted by Gasteiger charge is -2.24. The van der Waals surface area contributed by atoms with Crippen LogP contribution in [0, 0.1) is 0 Å². The Morgan fingerprint density at radius 2 is 2.57 bits per heavy atom. The highest BCUT2D eigenvalue weighted by Crippen LogP contribution is 1.98. The molecule has 0 aromatic heterocycles. The van der Waals surface area contributed by atoms with Crippen LogP contribution in [-0.4, -0.2) is 12.1 Å². The Bertz CT molecular complexity index is 86.9. The molecule has 0 bridgehead atoms. The van der Waals surface area contributed by atoms with Gasteiger partial charge in [-0.1, -0.05) is 12.8 Å². The van der Waals surface area contributed by atoms with E-state index in [4.69, 9.17) is 0 Å². The predicted octanol–water partition coefficient (Wildman–Crippen LogP) is -0.733. The Morgan fingerprint density at radius 1 is 2.00 bits per heavy atom. The van der Waals surface area contributed by atoms with Gasteiger partial charge in [0, 0.05) is 0 Å². The minimum Gasteiger partial charge on any atom is -0.339 e. The van der Waals surface area contributed by atoms with Gasteiger partial charge in [0.15, 0.2) is 0 Å². The van der Waals surface area contributed by atoms with Crippen molar-refractivity contribution in [2.24, 2.45) is 0 Å². The van der Waals surface area contributed by atoms with Crippen molar-refractivity contribution < 1.29 is 4.79 Å². The van der Waals surface area contributed by atoms with Crippen molar-refractivity contribution in [3.05, 3.63) is 0 Å². The summed E-state index contributed by atoms with van der Waals surface area (Å²) in [5, 5.41) is 2.57. The Labute approximate surface area is 47.0 Å². The fourth-order valence-electron chi connectivity index (χ4n) is 0.437. The number of nitrogens with one attached hydrogen (secondary N) is 2. The number of carbonyl (C=O) groups is 1. The van der Waals surface area contributed by atoms with E-state index in [9.17, 15) is 4.79 Å². The monoisotopic (exact) mass is 118 g/mol. The van der Waals surface area contributed by atoms with E-state index in [2.05, 4.69) is 22.9 Å². The van der Waals surface area contributed by atoms with Crippen LogP contribution in [0.3, 0.4) is 0 Å². The van der Waals surface area contributed by atoms with Crippen molar-refractivity contribution in [3.63, 3.8) is 0 Å². The highest BCUT2D eigenvalue weighted by atomic mass is 32.1. The molecule has 0 spiro atoms. The average Bonchev–Trinajstić information content (AvgIpc) is 1.58. The molecule has 3 nitrogen and oxygen atoms in total. The van der Waals surface area contributed by atoms with Crippen molar-refractivity contribution in [2.75, 3.05) is 0 Å². The first kappa shape index (κ1) is 4.93. The van der Waals surface area contributed by atoms with E-state index >= 15 is 0 Å². The van der Waals surface area contributed by atoms with Gasteiger partial charge in [-0.05, 0) is 0 Å². The van der Waals surface area contributed by atoms with E-state index in [1.54, 1.807) is 0 Å². The molecule has 0 radical (unpaired) electrons. The first-order chi connectivity index (χ1) is 3.33. The molecule has 40 valence electrons. The lowest BCUT2D eigenvalue weighted by Crippen LogP contribution is -2.54. The highest BCUT2D eigenvalue weighted by molar-refractivity contribution is 7.78. The quantitative estimate of drug-likeness (QED) is 0.314. The van der Waals surface area contributed by atoms with Crippen LogP contribution < -0.4 is 10.0 Å². The number of thiol groups is 1. The Hall–Kier alpha value is -0.220. The molecule has 0 aromatic carbocycles. The second-order valence-electron chi connectivity index (χ2n) is 1.45. The molecule has 0 saturated carbocycles. The molecule has 0 aromatic rings. The summed E-state index contributed by atoms with van der Waals surface area (Å²) < 4.78 is 2.59. The third kappa shape index (κ3) is 0.863. The molecule has 1 atom stereocenters. The Kier molecular flexibility index (Phi) is 1.21. The third-order valence-electron chi connectivity index (χ3n) is 0.881. The van der Waals surface area contributed by atoms with Gasteiger partial charge in [-0.2, -0.15) is 0 Å². The van der Waals surface area contributed by atoms with Gasteiger partial charge >= 0.3 is 0 Å². The molecule has 1 heterocycles. The minimum atomic E-state index is 0.0894. The van der Waals surface area contributed by atoms with Gasteiger partial charge in [0.25, 0.3) is 0 Å². The summed E-state index contributed by atoms with van der Waals surface area (Å²) in [4.78, 5) is 10.1. The minimum absolute atomic E-state index is 0.0894. The summed E-state index contributed by atoms with van der Waals surface area (Å²) in [7, 11) is 0. The molecule has 1 saturated heterocycles. The van der Waals surface area contributed by atoms with E-state index in [1.165, 1.54) is 0 Å². The number of β-lactam (4-membered cyclic amide) rings is 1. The van der Waals surface area contributed by atoms with E-state index in [0.717, 1.165) is 0 Å². The second-order valence-corrected chi connectivity index (χ2v) is 1.71. The average molecular weight is 118 g/mol. The second kappa shape index (κ2) is 1.71. The van der Waals surface area contributed by atoms with Crippen LogP contribution in [0.5, 0.6) is 0 Å². The van der Waals surface area contributed by atoms with Crippen molar-refractivity contribution in [1.29, 1.82) is 0 Å². The normalized spacial score (nSPS) is 28.7. The summed E-state index contributed by atoms with van der Waals surface area (Å²) in [6.45, 7) is 0. The smallest absolute Gasteiger partial charge is 0.224 e. The van der Waals surface area contributed by atoms with E-state index in [0.29, 0.717) is 6.42 Å². The van der Waals surface area contributed by atoms with E-state index in [-0.39, 0.29) is 12.1 Å². The van der Waals surface area contributed by atoms with Gasteiger partial charge in [-0.15, -0.1) is 0 Å². The third-order valence-corrected chi connectivity index (χ3v) is 1.19. The number of rotatable bonds is 1. The SMILES string of the molecule is O=C1CC(NS)N1. The number of carbonyl (C=O) groups excluding carboxylic acids is 1. The molecule has 1 amide bonds. The maximum atomic E-state index is 10.1. The summed E-state index contributed by atoms with van der Waals surface area (Å²) in [5.41, 5.74) is 0. The summed E-state index contributed by atoms with van der Waals surface area (Å²) in [5.74, 6) is 0.0894. The molecule has 1 aliphatic rings. The molecule has 4 heteroatoms. The summed E-state index contributed by atoms with van der Waals surface area (Å²) >= 11 is 3.72. The molecule has 2 N–H and O–H groups in total. The first-order valence-electron chi connectivity index (χ1n) is 2.02.